The predicted octanol–water partition coefficient (Wildman–Crippen LogP) is 2.59. The summed E-state index contributed by atoms with van der Waals surface area (Å²) in [5, 5.41) is 10.5. The van der Waals surface area contributed by atoms with Crippen LogP contribution in [0.1, 0.15) is 23.5 Å². The van der Waals surface area contributed by atoms with Crippen LogP contribution in [0.4, 0.5) is 0 Å². The number of hydrogen-bond donors (Lipinski definition) is 2. The van der Waals surface area contributed by atoms with Gasteiger partial charge in [0.25, 0.3) is 0 Å². The Morgan fingerprint density at radius 1 is 1.08 bits per heavy atom. The van der Waals surface area contributed by atoms with Crippen molar-refractivity contribution < 1.29 is 18.3 Å². The molecular weight excluding hydrogens is 326 g/mol. The molecule has 0 bridgehead atoms. The van der Waals surface area contributed by atoms with Crippen molar-refractivity contribution in [1.82, 2.24) is 4.72 Å². The molecule has 3 rings (SSSR count). The van der Waals surface area contributed by atoms with E-state index in [0.717, 1.165) is 16.5 Å². The minimum atomic E-state index is -3.87. The summed E-state index contributed by atoms with van der Waals surface area (Å²) >= 11 is 0. The molecule has 24 heavy (non-hydrogen) atoms. The number of carboxylic acids is 1. The SMILES string of the molecule is O=C(O)[C@]1(NS(=O)(=O)/C=C/c2ccccc2)C[C@@H]1c1ccccc1. The first kappa shape index (κ1) is 16.4. The van der Waals surface area contributed by atoms with Gasteiger partial charge in [-0.2, -0.15) is 4.72 Å². The second-order valence-electron chi connectivity index (χ2n) is 5.80. The summed E-state index contributed by atoms with van der Waals surface area (Å²) in [6.45, 7) is 0. The third kappa shape index (κ3) is 3.39. The van der Waals surface area contributed by atoms with Crippen molar-refractivity contribution in [1.29, 1.82) is 0 Å². The van der Waals surface area contributed by atoms with E-state index in [0.29, 0.717) is 0 Å². The number of aliphatic carboxylic acids is 1. The summed E-state index contributed by atoms with van der Waals surface area (Å²) in [4.78, 5) is 11.7. The minimum absolute atomic E-state index is 0.241. The zero-order valence-corrected chi connectivity index (χ0v) is 13.6. The van der Waals surface area contributed by atoms with E-state index in [-0.39, 0.29) is 12.3 Å². The van der Waals surface area contributed by atoms with Gasteiger partial charge >= 0.3 is 5.97 Å². The van der Waals surface area contributed by atoms with Crippen LogP contribution in [0.5, 0.6) is 0 Å². The molecule has 2 atom stereocenters. The number of sulfonamides is 1. The lowest BCUT2D eigenvalue weighted by atomic mass is 10.1. The second kappa shape index (κ2) is 6.22. The van der Waals surface area contributed by atoms with Crippen LogP contribution in [-0.2, 0) is 14.8 Å². The van der Waals surface area contributed by atoms with Crippen LogP contribution in [-0.4, -0.2) is 25.0 Å². The van der Waals surface area contributed by atoms with Crippen molar-refractivity contribution in [2.75, 3.05) is 0 Å². The first-order valence-electron chi connectivity index (χ1n) is 7.48. The van der Waals surface area contributed by atoms with Gasteiger partial charge in [-0.1, -0.05) is 60.7 Å². The third-order valence-corrected chi connectivity index (χ3v) is 5.25. The van der Waals surface area contributed by atoms with Crippen molar-refractivity contribution in [2.45, 2.75) is 17.9 Å². The predicted molar refractivity (Wildman–Crippen MR) is 91.7 cm³/mol. The van der Waals surface area contributed by atoms with Crippen molar-refractivity contribution in [3.8, 4) is 0 Å². The largest absolute Gasteiger partial charge is 0.480 e. The molecule has 2 N–H and O–H groups in total. The lowest BCUT2D eigenvalue weighted by Crippen LogP contribution is -2.43. The lowest BCUT2D eigenvalue weighted by Gasteiger charge is -2.13. The normalized spacial score (nSPS) is 23.2. The maximum Gasteiger partial charge on any atom is 0.325 e. The highest BCUT2D eigenvalue weighted by Gasteiger charge is 2.63. The van der Waals surface area contributed by atoms with E-state index in [1.54, 1.807) is 24.3 Å². The van der Waals surface area contributed by atoms with Crippen LogP contribution >= 0.6 is 0 Å². The fourth-order valence-corrected chi connectivity index (χ4v) is 3.99. The van der Waals surface area contributed by atoms with Crippen molar-refractivity contribution in [2.24, 2.45) is 0 Å². The molecule has 1 saturated carbocycles. The molecule has 0 aliphatic heterocycles. The van der Waals surface area contributed by atoms with Gasteiger partial charge in [0.15, 0.2) is 0 Å². The van der Waals surface area contributed by atoms with E-state index in [9.17, 15) is 18.3 Å². The Morgan fingerprint density at radius 3 is 2.25 bits per heavy atom. The van der Waals surface area contributed by atoms with Gasteiger partial charge < -0.3 is 5.11 Å². The van der Waals surface area contributed by atoms with Crippen molar-refractivity contribution >= 4 is 22.1 Å². The monoisotopic (exact) mass is 343 g/mol. The summed E-state index contributed by atoms with van der Waals surface area (Å²) in [7, 11) is -3.87. The summed E-state index contributed by atoms with van der Waals surface area (Å²) in [5.41, 5.74) is 0.0681. The van der Waals surface area contributed by atoms with E-state index in [1.165, 1.54) is 6.08 Å². The molecule has 1 aliphatic rings. The minimum Gasteiger partial charge on any atom is -0.480 e. The standard InChI is InChI=1S/C18H17NO4S/c20-17(21)18(13-16(18)15-9-5-2-6-10-15)19-24(22,23)12-11-14-7-3-1-4-8-14/h1-12,16,19H,13H2,(H,20,21)/b12-11+/t16-,18+/m1/s1. The Morgan fingerprint density at radius 2 is 1.67 bits per heavy atom. The molecular formula is C18H17NO4S. The van der Waals surface area contributed by atoms with Crippen LogP contribution in [0.2, 0.25) is 0 Å². The molecule has 5 nitrogen and oxygen atoms in total. The van der Waals surface area contributed by atoms with E-state index in [2.05, 4.69) is 4.72 Å². The highest BCUT2D eigenvalue weighted by atomic mass is 32.2. The molecule has 0 unspecified atom stereocenters. The fraction of sp³-hybridized carbons (Fsp3) is 0.167. The number of carboxylic acid groups (broad SMARTS) is 1. The highest BCUT2D eigenvalue weighted by Crippen LogP contribution is 2.52. The molecule has 1 aliphatic carbocycles. The number of carbonyl (C=O) groups is 1. The molecule has 0 heterocycles. The molecule has 2 aromatic carbocycles. The summed E-state index contributed by atoms with van der Waals surface area (Å²) in [5.74, 6) is -1.52. The maximum absolute atomic E-state index is 12.3. The molecule has 0 radical (unpaired) electrons. The Balaban J connectivity index is 1.80. The van der Waals surface area contributed by atoms with Gasteiger partial charge in [0, 0.05) is 11.3 Å². The summed E-state index contributed by atoms with van der Waals surface area (Å²) < 4.78 is 26.9. The number of benzene rings is 2. The summed E-state index contributed by atoms with van der Waals surface area (Å²) in [6, 6.07) is 18.0. The van der Waals surface area contributed by atoms with Gasteiger partial charge in [-0.3, -0.25) is 4.79 Å². The van der Waals surface area contributed by atoms with Gasteiger partial charge in [0.2, 0.25) is 10.0 Å². The molecule has 0 saturated heterocycles. The average molecular weight is 343 g/mol. The van der Waals surface area contributed by atoms with Gasteiger partial charge in [-0.05, 0) is 23.6 Å². The molecule has 2 aromatic rings. The zero-order chi connectivity index (χ0) is 17.2. The molecule has 6 heteroatoms. The quantitative estimate of drug-likeness (QED) is 0.844. The van der Waals surface area contributed by atoms with Crippen LogP contribution in [0, 0.1) is 0 Å². The third-order valence-electron chi connectivity index (χ3n) is 4.11. The molecule has 124 valence electrons. The Kier molecular flexibility index (Phi) is 4.26. The van der Waals surface area contributed by atoms with Gasteiger partial charge in [-0.15, -0.1) is 0 Å². The van der Waals surface area contributed by atoms with Crippen LogP contribution < -0.4 is 4.72 Å². The second-order valence-corrected chi connectivity index (χ2v) is 7.37. The van der Waals surface area contributed by atoms with Gasteiger partial charge in [0.05, 0.1) is 0 Å². The fourth-order valence-electron chi connectivity index (χ4n) is 2.76. The smallest absolute Gasteiger partial charge is 0.325 e. The van der Waals surface area contributed by atoms with Crippen LogP contribution in [0.15, 0.2) is 66.1 Å². The van der Waals surface area contributed by atoms with Crippen LogP contribution in [0.3, 0.4) is 0 Å². The van der Waals surface area contributed by atoms with Crippen molar-refractivity contribution in [3.63, 3.8) is 0 Å². The zero-order valence-electron chi connectivity index (χ0n) is 12.8. The molecule has 0 aromatic heterocycles. The molecule has 0 spiro atoms. The Bertz CT molecular complexity index is 862. The van der Waals surface area contributed by atoms with E-state index in [4.69, 9.17) is 0 Å². The van der Waals surface area contributed by atoms with E-state index < -0.39 is 21.5 Å². The van der Waals surface area contributed by atoms with E-state index >= 15 is 0 Å². The number of nitrogens with one attached hydrogen (secondary N) is 1. The Labute approximate surface area is 140 Å². The van der Waals surface area contributed by atoms with Crippen molar-refractivity contribution in [3.05, 3.63) is 77.2 Å². The number of rotatable bonds is 6. The van der Waals surface area contributed by atoms with Crippen LogP contribution in [0.25, 0.3) is 6.08 Å². The first-order valence-corrected chi connectivity index (χ1v) is 9.03. The Hall–Kier alpha value is -2.44. The molecule has 1 fully saturated rings. The lowest BCUT2D eigenvalue weighted by molar-refractivity contribution is -0.140. The average Bonchev–Trinajstić information content (AvgIpc) is 3.30. The number of hydrogen-bond acceptors (Lipinski definition) is 3. The van der Waals surface area contributed by atoms with E-state index in [1.807, 2.05) is 36.4 Å². The van der Waals surface area contributed by atoms with Gasteiger partial charge in [-0.25, -0.2) is 8.42 Å². The maximum atomic E-state index is 12.3. The highest BCUT2D eigenvalue weighted by molar-refractivity contribution is 7.92. The summed E-state index contributed by atoms with van der Waals surface area (Å²) in [6.07, 6.45) is 1.68. The topological polar surface area (TPSA) is 83.5 Å². The molecule has 0 amide bonds. The van der Waals surface area contributed by atoms with Gasteiger partial charge in [0.1, 0.15) is 5.54 Å². The first-order chi connectivity index (χ1) is 11.4.